The van der Waals surface area contributed by atoms with Gasteiger partial charge in [-0.1, -0.05) is 23.7 Å². The molecule has 144 valence electrons. The van der Waals surface area contributed by atoms with E-state index in [-0.39, 0.29) is 17.9 Å². The van der Waals surface area contributed by atoms with E-state index in [0.717, 1.165) is 5.56 Å². The minimum absolute atomic E-state index is 0.0798. The van der Waals surface area contributed by atoms with Crippen LogP contribution in [0, 0.1) is 17.2 Å². The number of carbonyl (C=O) groups excluding carboxylic acids is 1. The van der Waals surface area contributed by atoms with Crippen LogP contribution in [0.4, 0.5) is 5.82 Å². The zero-order chi connectivity index (χ0) is 19.5. The number of nitriles is 1. The fourth-order valence-electron chi connectivity index (χ4n) is 3.82. The summed E-state index contributed by atoms with van der Waals surface area (Å²) in [5.74, 6) is 0.663. The van der Waals surface area contributed by atoms with Crippen molar-refractivity contribution < 1.29 is 4.79 Å². The normalized spacial score (nSPS) is 22.1. The van der Waals surface area contributed by atoms with E-state index in [4.69, 9.17) is 11.6 Å². The molecule has 4 rings (SSSR count). The molecule has 1 aromatic heterocycles. The summed E-state index contributed by atoms with van der Waals surface area (Å²) in [5, 5.41) is 9.96. The van der Waals surface area contributed by atoms with Gasteiger partial charge in [-0.15, -0.1) is 0 Å². The van der Waals surface area contributed by atoms with Gasteiger partial charge in [0.05, 0.1) is 17.5 Å². The number of hydrogen-bond acceptors (Lipinski definition) is 6. The Bertz CT molecular complexity index is 888. The van der Waals surface area contributed by atoms with Crippen molar-refractivity contribution in [2.45, 2.75) is 6.04 Å². The zero-order valence-electron chi connectivity index (χ0n) is 15.3. The van der Waals surface area contributed by atoms with Gasteiger partial charge < -0.3 is 9.80 Å². The highest BCUT2D eigenvalue weighted by Gasteiger charge is 2.37. The SMILES string of the molecule is N#Cc1cccnc1N1CCN(C(=O)C2CNNC2c2ccc(Cl)cc2)CC1. The minimum Gasteiger partial charge on any atom is -0.352 e. The number of hydrogen-bond donors (Lipinski definition) is 2. The molecule has 0 radical (unpaired) electrons. The van der Waals surface area contributed by atoms with Crippen LogP contribution in [0.1, 0.15) is 17.2 Å². The number of benzene rings is 1. The highest BCUT2D eigenvalue weighted by Crippen LogP contribution is 2.28. The number of nitrogens with one attached hydrogen (secondary N) is 2. The molecular formula is C20H21ClN6O. The van der Waals surface area contributed by atoms with Gasteiger partial charge in [-0.05, 0) is 29.8 Å². The predicted octanol–water partition coefficient (Wildman–Crippen LogP) is 1.72. The van der Waals surface area contributed by atoms with E-state index in [1.807, 2.05) is 29.2 Å². The number of anilines is 1. The average Bonchev–Trinajstić information content (AvgIpc) is 3.23. The van der Waals surface area contributed by atoms with Crippen molar-refractivity contribution in [3.63, 3.8) is 0 Å². The van der Waals surface area contributed by atoms with Crippen molar-refractivity contribution in [3.8, 4) is 6.07 Å². The van der Waals surface area contributed by atoms with Gasteiger partial charge in [-0.2, -0.15) is 5.26 Å². The summed E-state index contributed by atoms with van der Waals surface area (Å²) in [6.07, 6.45) is 1.69. The summed E-state index contributed by atoms with van der Waals surface area (Å²) in [7, 11) is 0. The highest BCUT2D eigenvalue weighted by molar-refractivity contribution is 6.30. The number of rotatable bonds is 3. The van der Waals surface area contributed by atoms with E-state index in [1.165, 1.54) is 0 Å². The second-order valence-electron chi connectivity index (χ2n) is 6.96. The third kappa shape index (κ3) is 3.67. The van der Waals surface area contributed by atoms with E-state index in [9.17, 15) is 10.1 Å². The summed E-state index contributed by atoms with van der Waals surface area (Å²) in [6.45, 7) is 3.15. The van der Waals surface area contributed by atoms with Crippen LogP contribution in [0.25, 0.3) is 0 Å². The predicted molar refractivity (Wildman–Crippen MR) is 107 cm³/mol. The standard InChI is InChI=1S/C20H21ClN6O/c21-16-5-3-14(4-6-16)18-17(13-24-25-18)20(28)27-10-8-26(9-11-27)19-15(12-22)2-1-7-23-19/h1-7,17-18,24-25H,8-11,13H2. The van der Waals surface area contributed by atoms with Crippen molar-refractivity contribution in [2.75, 3.05) is 37.6 Å². The van der Waals surface area contributed by atoms with E-state index in [0.29, 0.717) is 49.1 Å². The number of carbonyl (C=O) groups is 1. The maximum absolute atomic E-state index is 13.2. The van der Waals surface area contributed by atoms with Crippen molar-refractivity contribution in [1.82, 2.24) is 20.7 Å². The van der Waals surface area contributed by atoms with E-state index in [1.54, 1.807) is 18.3 Å². The van der Waals surface area contributed by atoms with Gasteiger partial charge >= 0.3 is 0 Å². The van der Waals surface area contributed by atoms with Crippen LogP contribution < -0.4 is 15.8 Å². The number of halogens is 1. The lowest BCUT2D eigenvalue weighted by Crippen LogP contribution is -2.51. The largest absolute Gasteiger partial charge is 0.352 e. The Morgan fingerprint density at radius 3 is 2.64 bits per heavy atom. The van der Waals surface area contributed by atoms with Crippen LogP contribution in [0.2, 0.25) is 5.02 Å². The van der Waals surface area contributed by atoms with E-state index >= 15 is 0 Å². The van der Waals surface area contributed by atoms with E-state index < -0.39 is 0 Å². The van der Waals surface area contributed by atoms with Gasteiger partial charge in [0.2, 0.25) is 5.91 Å². The van der Waals surface area contributed by atoms with Crippen molar-refractivity contribution in [2.24, 2.45) is 5.92 Å². The monoisotopic (exact) mass is 396 g/mol. The van der Waals surface area contributed by atoms with Gasteiger partial charge in [0.15, 0.2) is 0 Å². The van der Waals surface area contributed by atoms with Crippen LogP contribution in [0.15, 0.2) is 42.6 Å². The molecule has 2 aliphatic rings. The molecular weight excluding hydrogens is 376 g/mol. The number of hydrazine groups is 1. The first-order valence-corrected chi connectivity index (χ1v) is 9.68. The second kappa shape index (κ2) is 8.15. The van der Waals surface area contributed by atoms with Crippen LogP contribution in [0.3, 0.4) is 0 Å². The molecule has 0 bridgehead atoms. The van der Waals surface area contributed by atoms with Crippen molar-refractivity contribution >= 4 is 23.3 Å². The average molecular weight is 397 g/mol. The molecule has 1 amide bonds. The summed E-state index contributed by atoms with van der Waals surface area (Å²) < 4.78 is 0. The highest BCUT2D eigenvalue weighted by atomic mass is 35.5. The molecule has 28 heavy (non-hydrogen) atoms. The second-order valence-corrected chi connectivity index (χ2v) is 7.40. The molecule has 2 atom stereocenters. The Morgan fingerprint density at radius 1 is 1.18 bits per heavy atom. The molecule has 2 unspecified atom stereocenters. The summed E-state index contributed by atoms with van der Waals surface area (Å²) >= 11 is 5.98. The molecule has 2 N–H and O–H groups in total. The molecule has 1 aromatic carbocycles. The topological polar surface area (TPSA) is 84.3 Å². The number of piperazine rings is 1. The third-order valence-electron chi connectivity index (χ3n) is 5.33. The van der Waals surface area contributed by atoms with Crippen molar-refractivity contribution in [3.05, 3.63) is 58.7 Å². The molecule has 8 heteroatoms. The molecule has 2 fully saturated rings. The summed E-state index contributed by atoms with van der Waals surface area (Å²) in [6, 6.07) is 13.2. The Labute approximate surface area is 168 Å². The summed E-state index contributed by atoms with van der Waals surface area (Å²) in [5.41, 5.74) is 7.94. The zero-order valence-corrected chi connectivity index (χ0v) is 16.1. The Hall–Kier alpha value is -2.66. The minimum atomic E-state index is -0.169. The van der Waals surface area contributed by atoms with Gasteiger partial charge in [0, 0.05) is 43.9 Å². The van der Waals surface area contributed by atoms with E-state index in [2.05, 4.69) is 26.8 Å². The van der Waals surface area contributed by atoms with Gasteiger partial charge in [0.1, 0.15) is 11.9 Å². The van der Waals surface area contributed by atoms with Crippen LogP contribution in [-0.2, 0) is 4.79 Å². The van der Waals surface area contributed by atoms with Gasteiger partial charge in [-0.25, -0.2) is 10.4 Å². The lowest BCUT2D eigenvalue weighted by molar-refractivity contribution is -0.135. The molecule has 0 saturated carbocycles. The fraction of sp³-hybridized carbons (Fsp3) is 0.350. The van der Waals surface area contributed by atoms with Crippen LogP contribution >= 0.6 is 11.6 Å². The fourth-order valence-corrected chi connectivity index (χ4v) is 3.95. The molecule has 0 aliphatic carbocycles. The maximum atomic E-state index is 13.2. The lowest BCUT2D eigenvalue weighted by Gasteiger charge is -2.37. The van der Waals surface area contributed by atoms with Gasteiger partial charge in [0.25, 0.3) is 0 Å². The van der Waals surface area contributed by atoms with Crippen LogP contribution in [-0.4, -0.2) is 48.5 Å². The Kier molecular flexibility index (Phi) is 5.44. The smallest absolute Gasteiger partial charge is 0.229 e. The lowest BCUT2D eigenvalue weighted by atomic mass is 9.93. The molecule has 7 nitrogen and oxygen atoms in total. The molecule has 0 spiro atoms. The maximum Gasteiger partial charge on any atom is 0.229 e. The molecule has 3 heterocycles. The number of amides is 1. The first kappa shape index (κ1) is 18.7. The Morgan fingerprint density at radius 2 is 1.93 bits per heavy atom. The quantitative estimate of drug-likeness (QED) is 0.821. The molecule has 2 aliphatic heterocycles. The first-order chi connectivity index (χ1) is 13.7. The molecule has 2 aromatic rings. The van der Waals surface area contributed by atoms with Crippen molar-refractivity contribution in [1.29, 1.82) is 5.26 Å². The summed E-state index contributed by atoms with van der Waals surface area (Å²) in [4.78, 5) is 21.5. The van der Waals surface area contributed by atoms with Gasteiger partial charge in [-0.3, -0.25) is 10.2 Å². The Balaban J connectivity index is 1.42. The number of pyridine rings is 1. The molecule has 2 saturated heterocycles. The first-order valence-electron chi connectivity index (χ1n) is 9.30. The third-order valence-corrected chi connectivity index (χ3v) is 5.58. The number of nitrogens with zero attached hydrogens (tertiary/aromatic N) is 4. The van der Waals surface area contributed by atoms with Crippen LogP contribution in [0.5, 0.6) is 0 Å². The number of aromatic nitrogens is 1.